The van der Waals surface area contributed by atoms with Crippen LogP contribution in [0.5, 0.6) is 0 Å². The van der Waals surface area contributed by atoms with Gasteiger partial charge in [-0.15, -0.1) is 0 Å². The standard InChI is InChI=1S/C10H11ClN2OS/c1-7-10(11)8(6-14)5-9(12-7)13-3-2-4-15-13/h5-6H,2-4H2,1H3. The Balaban J connectivity index is 2.39. The Hall–Kier alpha value is -0.740. The minimum Gasteiger partial charge on any atom is -0.301 e. The van der Waals surface area contributed by atoms with E-state index < -0.39 is 0 Å². The highest BCUT2D eigenvalue weighted by molar-refractivity contribution is 8.00. The second kappa shape index (κ2) is 4.41. The molecular weight excluding hydrogens is 232 g/mol. The number of carbonyl (C=O) groups is 1. The zero-order valence-electron chi connectivity index (χ0n) is 8.36. The lowest BCUT2D eigenvalue weighted by atomic mass is 10.2. The average molecular weight is 243 g/mol. The number of hydrogen-bond acceptors (Lipinski definition) is 4. The summed E-state index contributed by atoms with van der Waals surface area (Å²) >= 11 is 7.69. The van der Waals surface area contributed by atoms with Gasteiger partial charge >= 0.3 is 0 Å². The summed E-state index contributed by atoms with van der Waals surface area (Å²) in [4.78, 5) is 15.2. The number of anilines is 1. The summed E-state index contributed by atoms with van der Waals surface area (Å²) in [5, 5.41) is 0.456. The third kappa shape index (κ3) is 2.11. The molecule has 2 rings (SSSR count). The summed E-state index contributed by atoms with van der Waals surface area (Å²) in [5.74, 6) is 1.95. The molecule has 0 aromatic carbocycles. The van der Waals surface area contributed by atoms with E-state index in [1.54, 1.807) is 18.0 Å². The number of carbonyl (C=O) groups excluding carboxylic acids is 1. The fourth-order valence-corrected chi connectivity index (χ4v) is 2.61. The highest BCUT2D eigenvalue weighted by Gasteiger charge is 2.17. The maximum atomic E-state index is 10.8. The van der Waals surface area contributed by atoms with Crippen LogP contribution in [0.25, 0.3) is 0 Å². The lowest BCUT2D eigenvalue weighted by Crippen LogP contribution is -2.11. The molecule has 2 heterocycles. The summed E-state index contributed by atoms with van der Waals surface area (Å²) in [5.41, 5.74) is 1.23. The zero-order chi connectivity index (χ0) is 10.8. The van der Waals surface area contributed by atoms with E-state index in [1.807, 2.05) is 6.92 Å². The highest BCUT2D eigenvalue weighted by Crippen LogP contribution is 2.30. The molecule has 1 aliphatic rings. The molecule has 0 spiro atoms. The SMILES string of the molecule is Cc1nc(N2CCCS2)cc(C=O)c1Cl. The number of aryl methyl sites for hydroxylation is 1. The van der Waals surface area contributed by atoms with E-state index in [-0.39, 0.29) is 0 Å². The molecule has 0 unspecified atom stereocenters. The molecule has 0 aliphatic carbocycles. The van der Waals surface area contributed by atoms with Crippen LogP contribution in [0.3, 0.4) is 0 Å². The lowest BCUT2D eigenvalue weighted by Gasteiger charge is -2.16. The van der Waals surface area contributed by atoms with E-state index in [2.05, 4.69) is 9.29 Å². The molecule has 3 nitrogen and oxygen atoms in total. The van der Waals surface area contributed by atoms with Crippen LogP contribution in [0, 0.1) is 6.92 Å². The summed E-state index contributed by atoms with van der Waals surface area (Å²) < 4.78 is 2.11. The van der Waals surface area contributed by atoms with Gasteiger partial charge < -0.3 is 4.31 Å². The van der Waals surface area contributed by atoms with Crippen molar-refractivity contribution in [2.24, 2.45) is 0 Å². The molecule has 5 heteroatoms. The topological polar surface area (TPSA) is 33.2 Å². The third-order valence-corrected chi connectivity index (χ3v) is 3.92. The molecule has 0 N–H and O–H groups in total. The maximum absolute atomic E-state index is 10.8. The van der Waals surface area contributed by atoms with Crippen molar-refractivity contribution in [1.29, 1.82) is 0 Å². The fraction of sp³-hybridized carbons (Fsp3) is 0.400. The summed E-state index contributed by atoms with van der Waals surface area (Å²) in [6.07, 6.45) is 1.94. The Morgan fingerprint density at radius 1 is 1.67 bits per heavy atom. The van der Waals surface area contributed by atoms with Gasteiger partial charge in [-0.25, -0.2) is 4.98 Å². The first kappa shape index (κ1) is 10.8. The summed E-state index contributed by atoms with van der Waals surface area (Å²) in [7, 11) is 0. The third-order valence-electron chi connectivity index (χ3n) is 2.27. The molecule has 15 heavy (non-hydrogen) atoms. The van der Waals surface area contributed by atoms with Crippen molar-refractivity contribution < 1.29 is 4.79 Å². The van der Waals surface area contributed by atoms with Crippen molar-refractivity contribution in [3.8, 4) is 0 Å². The molecule has 0 saturated carbocycles. The lowest BCUT2D eigenvalue weighted by molar-refractivity contribution is 0.112. The van der Waals surface area contributed by atoms with Gasteiger partial charge in [-0.1, -0.05) is 11.6 Å². The number of nitrogens with zero attached hydrogens (tertiary/aromatic N) is 2. The first-order valence-corrected chi connectivity index (χ1v) is 6.07. The Labute approximate surface area is 98.0 Å². The Kier molecular flexibility index (Phi) is 3.17. The number of rotatable bonds is 2. The Morgan fingerprint density at radius 3 is 3.07 bits per heavy atom. The molecule has 80 valence electrons. The molecule has 1 aromatic heterocycles. The maximum Gasteiger partial charge on any atom is 0.151 e. The van der Waals surface area contributed by atoms with Crippen molar-refractivity contribution in [2.75, 3.05) is 16.6 Å². The summed E-state index contributed by atoms with van der Waals surface area (Å²) in [6.45, 7) is 2.80. The van der Waals surface area contributed by atoms with E-state index in [1.165, 1.54) is 0 Å². The minimum atomic E-state index is 0.456. The van der Waals surface area contributed by atoms with Gasteiger partial charge in [0.1, 0.15) is 5.82 Å². The quantitative estimate of drug-likeness (QED) is 0.590. The molecule has 0 bridgehead atoms. The first-order valence-electron chi connectivity index (χ1n) is 4.75. The van der Waals surface area contributed by atoms with Crippen LogP contribution in [0.4, 0.5) is 5.82 Å². The van der Waals surface area contributed by atoms with E-state index in [0.717, 1.165) is 30.8 Å². The van der Waals surface area contributed by atoms with Crippen LogP contribution in [-0.2, 0) is 0 Å². The molecule has 1 fully saturated rings. The van der Waals surface area contributed by atoms with Crippen LogP contribution in [0.2, 0.25) is 5.02 Å². The van der Waals surface area contributed by atoms with Gasteiger partial charge in [0.15, 0.2) is 6.29 Å². The van der Waals surface area contributed by atoms with Crippen LogP contribution in [-0.4, -0.2) is 23.6 Å². The number of halogens is 1. The number of pyridine rings is 1. The van der Waals surface area contributed by atoms with Crippen LogP contribution in [0.15, 0.2) is 6.07 Å². The van der Waals surface area contributed by atoms with Gasteiger partial charge in [0.2, 0.25) is 0 Å². The van der Waals surface area contributed by atoms with Crippen LogP contribution in [0.1, 0.15) is 22.5 Å². The molecule has 1 aromatic rings. The van der Waals surface area contributed by atoms with Crippen molar-refractivity contribution >= 4 is 35.7 Å². The second-order valence-corrected chi connectivity index (χ2v) is 4.86. The van der Waals surface area contributed by atoms with Crippen LogP contribution < -0.4 is 4.31 Å². The first-order chi connectivity index (χ1) is 7.22. The second-order valence-electron chi connectivity index (χ2n) is 3.38. The monoisotopic (exact) mass is 242 g/mol. The van der Waals surface area contributed by atoms with E-state index >= 15 is 0 Å². The van der Waals surface area contributed by atoms with Crippen molar-refractivity contribution in [2.45, 2.75) is 13.3 Å². The molecular formula is C10H11ClN2OS. The van der Waals surface area contributed by atoms with Gasteiger partial charge in [0.05, 0.1) is 10.7 Å². The van der Waals surface area contributed by atoms with Gasteiger partial charge in [0, 0.05) is 17.9 Å². The van der Waals surface area contributed by atoms with Gasteiger partial charge in [-0.2, -0.15) is 0 Å². The minimum absolute atomic E-state index is 0.456. The predicted octanol–water partition coefficient (Wildman–Crippen LogP) is 2.71. The molecule has 1 saturated heterocycles. The molecule has 0 radical (unpaired) electrons. The average Bonchev–Trinajstić information content (AvgIpc) is 2.75. The van der Waals surface area contributed by atoms with Crippen LogP contribution >= 0.6 is 23.5 Å². The highest BCUT2D eigenvalue weighted by atomic mass is 35.5. The molecule has 1 aliphatic heterocycles. The number of aromatic nitrogens is 1. The molecule has 0 atom stereocenters. The normalized spacial score (nSPS) is 15.7. The van der Waals surface area contributed by atoms with Crippen molar-refractivity contribution in [3.63, 3.8) is 0 Å². The zero-order valence-corrected chi connectivity index (χ0v) is 9.94. The van der Waals surface area contributed by atoms with Gasteiger partial charge in [-0.3, -0.25) is 4.79 Å². The van der Waals surface area contributed by atoms with Gasteiger partial charge in [0.25, 0.3) is 0 Å². The van der Waals surface area contributed by atoms with Gasteiger partial charge in [-0.05, 0) is 31.4 Å². The Morgan fingerprint density at radius 2 is 2.47 bits per heavy atom. The van der Waals surface area contributed by atoms with Crippen molar-refractivity contribution in [1.82, 2.24) is 4.98 Å². The summed E-state index contributed by atoms with van der Waals surface area (Å²) in [6, 6.07) is 1.75. The van der Waals surface area contributed by atoms with Crippen molar-refractivity contribution in [3.05, 3.63) is 22.3 Å². The Bertz CT molecular complexity index is 391. The smallest absolute Gasteiger partial charge is 0.151 e. The fourth-order valence-electron chi connectivity index (χ4n) is 1.51. The molecule has 0 amide bonds. The number of hydrogen-bond donors (Lipinski definition) is 0. The van der Waals surface area contributed by atoms with E-state index in [0.29, 0.717) is 16.3 Å². The predicted molar refractivity (Wildman–Crippen MR) is 63.8 cm³/mol. The van der Waals surface area contributed by atoms with E-state index in [4.69, 9.17) is 11.6 Å². The van der Waals surface area contributed by atoms with E-state index in [9.17, 15) is 4.79 Å². The largest absolute Gasteiger partial charge is 0.301 e. The number of aldehydes is 1.